The molecule has 4 nitrogen and oxygen atoms in total. The van der Waals surface area contributed by atoms with Crippen molar-refractivity contribution in [3.8, 4) is 0 Å². The number of rotatable bonds is 2. The van der Waals surface area contributed by atoms with E-state index in [-0.39, 0.29) is 11.8 Å². The van der Waals surface area contributed by atoms with Crippen LogP contribution in [-0.4, -0.2) is 21.6 Å². The van der Waals surface area contributed by atoms with Crippen LogP contribution in [0, 0.1) is 0 Å². The number of carbonyl (C=O) groups is 1. The number of amides is 1. The van der Waals surface area contributed by atoms with Gasteiger partial charge in [-0.25, -0.2) is 0 Å². The largest absolute Gasteiger partial charge is 0.307 e. The maximum absolute atomic E-state index is 10.8. The first kappa shape index (κ1) is 9.54. The quantitative estimate of drug-likeness (QED) is 0.808. The summed E-state index contributed by atoms with van der Waals surface area (Å²) in [7, 11) is 1.76. The fourth-order valence-corrected chi connectivity index (χ4v) is 1.25. The number of carbonyl (C=O) groups excluding carboxylic acids is 1. The standard InChI is InChI=1S/C6H7BrClN3O/c1-11-3-4(7)6(10-11)9-5(12)2-8/h3H,2H2,1H3,(H,9,10,12). The summed E-state index contributed by atoms with van der Waals surface area (Å²) < 4.78 is 2.33. The smallest absolute Gasteiger partial charge is 0.240 e. The van der Waals surface area contributed by atoms with E-state index in [1.807, 2.05) is 0 Å². The van der Waals surface area contributed by atoms with Gasteiger partial charge in [0.1, 0.15) is 5.88 Å². The molecule has 66 valence electrons. The zero-order chi connectivity index (χ0) is 9.14. The molecule has 1 aromatic heterocycles. The van der Waals surface area contributed by atoms with Gasteiger partial charge in [0, 0.05) is 13.2 Å². The van der Waals surface area contributed by atoms with Crippen LogP contribution in [0.5, 0.6) is 0 Å². The van der Waals surface area contributed by atoms with Crippen molar-refractivity contribution >= 4 is 39.3 Å². The lowest BCUT2D eigenvalue weighted by Crippen LogP contribution is -2.13. The Kier molecular flexibility index (Phi) is 3.11. The predicted molar refractivity (Wildman–Crippen MR) is 50.3 cm³/mol. The van der Waals surface area contributed by atoms with Crippen LogP contribution in [0.3, 0.4) is 0 Å². The molecule has 0 atom stereocenters. The second-order valence-corrected chi connectivity index (χ2v) is 3.30. The fourth-order valence-electron chi connectivity index (χ4n) is 0.710. The second-order valence-electron chi connectivity index (χ2n) is 2.18. The summed E-state index contributed by atoms with van der Waals surface area (Å²) in [5.41, 5.74) is 0. The first-order valence-corrected chi connectivity index (χ1v) is 4.51. The highest BCUT2D eigenvalue weighted by atomic mass is 79.9. The van der Waals surface area contributed by atoms with Crippen molar-refractivity contribution < 1.29 is 4.79 Å². The Labute approximate surface area is 83.0 Å². The highest BCUT2D eigenvalue weighted by Crippen LogP contribution is 2.18. The van der Waals surface area contributed by atoms with Gasteiger partial charge >= 0.3 is 0 Å². The number of anilines is 1. The molecule has 1 N–H and O–H groups in total. The van der Waals surface area contributed by atoms with E-state index in [9.17, 15) is 4.79 Å². The van der Waals surface area contributed by atoms with Crippen molar-refractivity contribution in [2.45, 2.75) is 0 Å². The SMILES string of the molecule is Cn1cc(Br)c(NC(=O)CCl)n1. The van der Waals surface area contributed by atoms with Gasteiger partial charge in [-0.2, -0.15) is 5.10 Å². The molecule has 0 aliphatic heterocycles. The van der Waals surface area contributed by atoms with Gasteiger partial charge < -0.3 is 5.32 Å². The van der Waals surface area contributed by atoms with E-state index < -0.39 is 0 Å². The zero-order valence-corrected chi connectivity index (χ0v) is 8.68. The van der Waals surface area contributed by atoms with Crippen LogP contribution >= 0.6 is 27.5 Å². The Morgan fingerprint density at radius 3 is 3.00 bits per heavy atom. The summed E-state index contributed by atoms with van der Waals surface area (Å²) in [6.07, 6.45) is 1.74. The summed E-state index contributed by atoms with van der Waals surface area (Å²) in [5, 5.41) is 6.51. The Morgan fingerprint density at radius 2 is 2.58 bits per heavy atom. The molecule has 0 spiro atoms. The van der Waals surface area contributed by atoms with Gasteiger partial charge in [-0.15, -0.1) is 11.6 Å². The van der Waals surface area contributed by atoms with Crippen LogP contribution in [0.15, 0.2) is 10.7 Å². The third kappa shape index (κ3) is 2.22. The number of aromatic nitrogens is 2. The van der Waals surface area contributed by atoms with Crippen molar-refractivity contribution in [3.63, 3.8) is 0 Å². The summed E-state index contributed by atoms with van der Waals surface area (Å²) in [4.78, 5) is 10.8. The lowest BCUT2D eigenvalue weighted by atomic mass is 10.6. The van der Waals surface area contributed by atoms with Crippen molar-refractivity contribution in [3.05, 3.63) is 10.7 Å². The number of halogens is 2. The van der Waals surface area contributed by atoms with E-state index in [0.717, 1.165) is 4.47 Å². The number of aryl methyl sites for hydroxylation is 1. The van der Waals surface area contributed by atoms with Crippen LogP contribution in [0.25, 0.3) is 0 Å². The number of hydrogen-bond acceptors (Lipinski definition) is 2. The fraction of sp³-hybridized carbons (Fsp3) is 0.333. The summed E-state index contributed by atoms with van der Waals surface area (Å²) in [6, 6.07) is 0. The Bertz CT molecular complexity index is 299. The van der Waals surface area contributed by atoms with Crippen LogP contribution in [0.4, 0.5) is 5.82 Å². The number of nitrogens with zero attached hydrogens (tertiary/aromatic N) is 2. The first-order chi connectivity index (χ1) is 5.63. The number of hydrogen-bond donors (Lipinski definition) is 1. The molecule has 1 heterocycles. The molecular weight excluding hydrogens is 245 g/mol. The topological polar surface area (TPSA) is 46.9 Å². The van der Waals surface area contributed by atoms with E-state index in [1.54, 1.807) is 17.9 Å². The third-order valence-electron chi connectivity index (χ3n) is 1.16. The molecule has 12 heavy (non-hydrogen) atoms. The van der Waals surface area contributed by atoms with Crippen molar-refractivity contribution in [1.29, 1.82) is 0 Å². The molecule has 1 aromatic rings. The number of alkyl halides is 1. The van der Waals surface area contributed by atoms with Crippen molar-refractivity contribution in [2.24, 2.45) is 7.05 Å². The van der Waals surface area contributed by atoms with Gasteiger partial charge in [-0.3, -0.25) is 9.48 Å². The Morgan fingerprint density at radius 1 is 1.92 bits per heavy atom. The normalized spacial score (nSPS) is 9.92. The summed E-state index contributed by atoms with van der Waals surface area (Å²) in [6.45, 7) is 0. The minimum absolute atomic E-state index is 0.0665. The molecular formula is C6H7BrClN3O. The molecule has 1 amide bonds. The minimum Gasteiger partial charge on any atom is -0.307 e. The second kappa shape index (κ2) is 3.91. The van der Waals surface area contributed by atoms with E-state index in [2.05, 4.69) is 26.3 Å². The van der Waals surface area contributed by atoms with Crippen LogP contribution in [0.2, 0.25) is 0 Å². The van der Waals surface area contributed by atoms with Crippen LogP contribution in [0.1, 0.15) is 0 Å². The van der Waals surface area contributed by atoms with Gasteiger partial charge in [0.15, 0.2) is 5.82 Å². The van der Waals surface area contributed by atoms with E-state index >= 15 is 0 Å². The van der Waals surface area contributed by atoms with Gasteiger partial charge in [0.2, 0.25) is 5.91 Å². The molecule has 0 saturated carbocycles. The minimum atomic E-state index is -0.268. The molecule has 0 unspecified atom stereocenters. The molecule has 0 aliphatic rings. The number of nitrogens with one attached hydrogen (secondary N) is 1. The lowest BCUT2D eigenvalue weighted by Gasteiger charge is -1.97. The predicted octanol–water partition coefficient (Wildman–Crippen LogP) is 1.36. The van der Waals surface area contributed by atoms with Crippen LogP contribution < -0.4 is 5.32 Å². The maximum Gasteiger partial charge on any atom is 0.240 e. The van der Waals surface area contributed by atoms with E-state index in [1.165, 1.54) is 0 Å². The molecule has 0 aliphatic carbocycles. The van der Waals surface area contributed by atoms with Crippen LogP contribution in [-0.2, 0) is 11.8 Å². The average molecular weight is 252 g/mol. The summed E-state index contributed by atoms with van der Waals surface area (Å²) in [5.74, 6) is 0.155. The van der Waals surface area contributed by atoms with Gasteiger partial charge in [0.05, 0.1) is 4.47 Å². The molecule has 0 saturated heterocycles. The zero-order valence-electron chi connectivity index (χ0n) is 6.34. The van der Waals surface area contributed by atoms with Gasteiger partial charge in [-0.05, 0) is 15.9 Å². The van der Waals surface area contributed by atoms with E-state index in [4.69, 9.17) is 11.6 Å². The maximum atomic E-state index is 10.8. The first-order valence-electron chi connectivity index (χ1n) is 3.18. The highest BCUT2D eigenvalue weighted by molar-refractivity contribution is 9.10. The van der Waals surface area contributed by atoms with Gasteiger partial charge in [0.25, 0.3) is 0 Å². The molecule has 1 rings (SSSR count). The lowest BCUT2D eigenvalue weighted by molar-refractivity contribution is -0.113. The molecule has 0 bridgehead atoms. The summed E-state index contributed by atoms with van der Waals surface area (Å²) >= 11 is 8.53. The van der Waals surface area contributed by atoms with Crippen molar-refractivity contribution in [1.82, 2.24) is 9.78 Å². The molecule has 0 fully saturated rings. The molecule has 0 aromatic carbocycles. The molecule has 6 heteroatoms. The third-order valence-corrected chi connectivity index (χ3v) is 1.99. The Hall–Kier alpha value is -0.550. The van der Waals surface area contributed by atoms with Crippen molar-refractivity contribution in [2.75, 3.05) is 11.2 Å². The average Bonchev–Trinajstić information content (AvgIpc) is 2.30. The highest BCUT2D eigenvalue weighted by Gasteiger charge is 2.07. The monoisotopic (exact) mass is 251 g/mol. The van der Waals surface area contributed by atoms with E-state index in [0.29, 0.717) is 5.82 Å². The molecule has 0 radical (unpaired) electrons. The Balaban J connectivity index is 2.75. The van der Waals surface area contributed by atoms with Gasteiger partial charge in [-0.1, -0.05) is 0 Å².